The van der Waals surface area contributed by atoms with Crippen LogP contribution in [0.1, 0.15) is 42.2 Å². The van der Waals surface area contributed by atoms with Gasteiger partial charge in [0, 0.05) is 17.2 Å². The summed E-state index contributed by atoms with van der Waals surface area (Å²) in [5.74, 6) is 1.83. The molecule has 2 atom stereocenters. The number of rotatable bonds is 7. The molecule has 2 amide bonds. The Kier molecular flexibility index (Phi) is 7.45. The molecule has 2 aliphatic rings. The maximum Gasteiger partial charge on any atom is 0.240 e. The fourth-order valence-corrected chi connectivity index (χ4v) is 6.36. The van der Waals surface area contributed by atoms with Crippen molar-refractivity contribution in [2.45, 2.75) is 38.5 Å². The zero-order valence-corrected chi connectivity index (χ0v) is 24.1. The van der Waals surface area contributed by atoms with Gasteiger partial charge in [-0.2, -0.15) is 5.10 Å². The number of aryl methyl sites for hydroxylation is 1. The summed E-state index contributed by atoms with van der Waals surface area (Å²) in [7, 11) is 0. The molecule has 0 unspecified atom stereocenters. The van der Waals surface area contributed by atoms with E-state index in [9.17, 15) is 9.59 Å². The third kappa shape index (κ3) is 5.29. The first-order valence-corrected chi connectivity index (χ1v) is 14.8. The number of nitrogens with one attached hydrogen (secondary N) is 1. The highest BCUT2D eigenvalue weighted by molar-refractivity contribution is 8.00. The molecule has 9 heteroatoms. The smallest absolute Gasteiger partial charge is 0.240 e. The lowest BCUT2D eigenvalue weighted by Crippen LogP contribution is -2.44. The topological polar surface area (TPSA) is 85.7 Å². The first-order chi connectivity index (χ1) is 19.9. The van der Waals surface area contributed by atoms with E-state index >= 15 is 0 Å². The molecule has 41 heavy (non-hydrogen) atoms. The van der Waals surface area contributed by atoms with Gasteiger partial charge in [0.25, 0.3) is 0 Å². The summed E-state index contributed by atoms with van der Waals surface area (Å²) in [5.41, 5.74) is 5.43. The van der Waals surface area contributed by atoms with Crippen LogP contribution in [0.4, 0.5) is 5.82 Å². The van der Waals surface area contributed by atoms with E-state index in [4.69, 9.17) is 14.6 Å². The molecule has 210 valence electrons. The van der Waals surface area contributed by atoms with Crippen LogP contribution in [-0.2, 0) is 9.59 Å². The van der Waals surface area contributed by atoms with Gasteiger partial charge in [-0.25, -0.2) is 4.68 Å². The Labute approximate surface area is 243 Å². The molecule has 3 aromatic carbocycles. The normalized spacial score (nSPS) is 16.7. The highest BCUT2D eigenvalue weighted by atomic mass is 32.2. The third-order valence-corrected chi connectivity index (χ3v) is 8.66. The van der Waals surface area contributed by atoms with Crippen LogP contribution in [0.5, 0.6) is 11.5 Å². The van der Waals surface area contributed by atoms with E-state index in [1.807, 2.05) is 98.2 Å². The number of anilines is 1. The van der Waals surface area contributed by atoms with E-state index < -0.39 is 0 Å². The Bertz CT molecular complexity index is 1600. The Morgan fingerprint density at radius 3 is 2.66 bits per heavy atom. The molecule has 6 rings (SSSR count). The Balaban J connectivity index is 1.59. The number of hydrogen-bond acceptors (Lipinski definition) is 6. The van der Waals surface area contributed by atoms with Gasteiger partial charge in [0.1, 0.15) is 12.4 Å². The van der Waals surface area contributed by atoms with Gasteiger partial charge in [-0.3, -0.25) is 14.5 Å². The lowest BCUT2D eigenvalue weighted by atomic mass is 9.99. The van der Waals surface area contributed by atoms with Crippen molar-refractivity contribution in [2.75, 3.05) is 24.0 Å². The predicted octanol–water partition coefficient (Wildman–Crippen LogP) is 5.66. The quantitative estimate of drug-likeness (QED) is 0.310. The second-order valence-electron chi connectivity index (χ2n) is 10.4. The van der Waals surface area contributed by atoms with E-state index in [1.54, 1.807) is 4.90 Å². The Morgan fingerprint density at radius 2 is 1.88 bits per heavy atom. The summed E-state index contributed by atoms with van der Waals surface area (Å²) in [5, 5.41) is 7.93. The maximum atomic E-state index is 13.9. The number of amides is 2. The molecule has 0 fully saturated rings. The van der Waals surface area contributed by atoms with Crippen molar-refractivity contribution < 1.29 is 19.1 Å². The molecule has 2 aliphatic heterocycles. The molecule has 8 nitrogen and oxygen atoms in total. The molecule has 0 radical (unpaired) electrons. The van der Waals surface area contributed by atoms with Gasteiger partial charge < -0.3 is 14.8 Å². The highest BCUT2D eigenvalue weighted by Gasteiger charge is 2.38. The van der Waals surface area contributed by atoms with Crippen LogP contribution in [0.3, 0.4) is 0 Å². The van der Waals surface area contributed by atoms with Gasteiger partial charge in [0.05, 0.1) is 22.4 Å². The average molecular weight is 569 g/mol. The van der Waals surface area contributed by atoms with Gasteiger partial charge in [0.2, 0.25) is 18.6 Å². The molecule has 4 aromatic rings. The molecule has 0 saturated heterocycles. The number of carbonyl (C=O) groups excluding carboxylic acids is 2. The van der Waals surface area contributed by atoms with Gasteiger partial charge in [0.15, 0.2) is 11.5 Å². The average Bonchev–Trinajstić information content (AvgIpc) is 3.58. The fraction of sp³-hybridized carbons (Fsp3) is 0.281. The minimum Gasteiger partial charge on any atom is -0.454 e. The van der Waals surface area contributed by atoms with Crippen molar-refractivity contribution in [1.29, 1.82) is 0 Å². The van der Waals surface area contributed by atoms with E-state index in [1.165, 1.54) is 11.8 Å². The summed E-state index contributed by atoms with van der Waals surface area (Å²) in [4.78, 5) is 28.7. The van der Waals surface area contributed by atoms with E-state index in [-0.39, 0.29) is 42.2 Å². The van der Waals surface area contributed by atoms with Crippen LogP contribution in [0.2, 0.25) is 0 Å². The summed E-state index contributed by atoms with van der Waals surface area (Å²) in [6, 6.07) is 23.9. The van der Waals surface area contributed by atoms with Crippen LogP contribution in [0.25, 0.3) is 16.9 Å². The standard InChI is InChI=1S/C32H32N4O4S/c1-4-21(3)33-27(37)17-35-28(38)18-41-31(23-13-14-25-26(16-23)40-19-39-25)29-30(22-10-6-5-7-11-22)34-36(32(29)35)24-12-8-9-20(2)15-24/h5-16,21,31H,4,17-19H2,1-3H3,(H,33,37)/t21-,31+/m1/s1. The molecule has 1 N–H and O–H groups in total. The number of benzene rings is 3. The Morgan fingerprint density at radius 1 is 1.07 bits per heavy atom. The maximum absolute atomic E-state index is 13.9. The van der Waals surface area contributed by atoms with Crippen molar-refractivity contribution in [3.8, 4) is 28.4 Å². The van der Waals surface area contributed by atoms with Crippen LogP contribution >= 0.6 is 11.8 Å². The number of hydrogen-bond donors (Lipinski definition) is 1. The van der Waals surface area contributed by atoms with E-state index in [0.717, 1.165) is 40.1 Å². The summed E-state index contributed by atoms with van der Waals surface area (Å²) in [6.07, 6.45) is 0.798. The van der Waals surface area contributed by atoms with Gasteiger partial charge in [-0.05, 0) is 55.7 Å². The number of carbonyl (C=O) groups is 2. The summed E-state index contributed by atoms with van der Waals surface area (Å²) >= 11 is 1.53. The number of aromatic nitrogens is 2. The van der Waals surface area contributed by atoms with Gasteiger partial charge in [-0.1, -0.05) is 55.5 Å². The highest BCUT2D eigenvalue weighted by Crippen LogP contribution is 2.50. The van der Waals surface area contributed by atoms with Crippen molar-refractivity contribution >= 4 is 29.4 Å². The molecule has 0 aliphatic carbocycles. The molecule has 3 heterocycles. The fourth-order valence-electron chi connectivity index (χ4n) is 5.17. The van der Waals surface area contributed by atoms with Crippen molar-refractivity contribution in [3.63, 3.8) is 0 Å². The lowest BCUT2D eigenvalue weighted by Gasteiger charge is -2.24. The van der Waals surface area contributed by atoms with Crippen molar-refractivity contribution in [1.82, 2.24) is 15.1 Å². The first-order valence-electron chi connectivity index (χ1n) is 13.8. The number of fused-ring (bicyclic) bond motifs is 2. The monoisotopic (exact) mass is 568 g/mol. The van der Waals surface area contributed by atoms with E-state index in [2.05, 4.69) is 5.32 Å². The van der Waals surface area contributed by atoms with Gasteiger partial charge >= 0.3 is 0 Å². The summed E-state index contributed by atoms with van der Waals surface area (Å²) in [6.45, 7) is 6.09. The van der Waals surface area contributed by atoms with Gasteiger partial charge in [-0.15, -0.1) is 11.8 Å². The third-order valence-electron chi connectivity index (χ3n) is 7.40. The number of nitrogens with zero attached hydrogens (tertiary/aromatic N) is 3. The molecule has 0 spiro atoms. The largest absolute Gasteiger partial charge is 0.454 e. The minimum atomic E-state index is -0.250. The first kappa shape index (κ1) is 27.0. The number of ether oxygens (including phenoxy) is 2. The van der Waals surface area contributed by atoms with Crippen molar-refractivity contribution in [2.24, 2.45) is 0 Å². The van der Waals surface area contributed by atoms with Crippen LogP contribution in [0, 0.1) is 6.92 Å². The van der Waals surface area contributed by atoms with Crippen molar-refractivity contribution in [3.05, 3.63) is 89.5 Å². The Hall–Kier alpha value is -4.24. The molecule has 0 saturated carbocycles. The molecule has 0 bridgehead atoms. The second-order valence-corrected chi connectivity index (χ2v) is 11.5. The SMILES string of the molecule is CC[C@@H](C)NC(=O)CN1C(=O)CS[C@@H](c2ccc3c(c2)OCO3)c2c(-c3ccccc3)nn(-c3cccc(C)c3)c21. The zero-order chi connectivity index (χ0) is 28.5. The van der Waals surface area contributed by atoms with E-state index in [0.29, 0.717) is 17.3 Å². The minimum absolute atomic E-state index is 0.00127. The molecular weight excluding hydrogens is 536 g/mol. The number of thioether (sulfide) groups is 1. The summed E-state index contributed by atoms with van der Waals surface area (Å²) < 4.78 is 13.1. The molecular formula is C32H32N4O4S. The second kappa shape index (κ2) is 11.3. The van der Waals surface area contributed by atoms with Crippen LogP contribution < -0.4 is 19.7 Å². The predicted molar refractivity (Wildman–Crippen MR) is 161 cm³/mol. The van der Waals surface area contributed by atoms with Crippen LogP contribution in [0.15, 0.2) is 72.8 Å². The molecule has 1 aromatic heterocycles. The lowest BCUT2D eigenvalue weighted by molar-refractivity contribution is -0.123. The van der Waals surface area contributed by atoms with Crippen LogP contribution in [-0.4, -0.2) is 46.7 Å². The zero-order valence-electron chi connectivity index (χ0n) is 23.3.